The summed E-state index contributed by atoms with van der Waals surface area (Å²) in [4.78, 5) is 11.4. The van der Waals surface area contributed by atoms with Gasteiger partial charge in [0.1, 0.15) is 5.82 Å². The Labute approximate surface area is 104 Å². The van der Waals surface area contributed by atoms with Crippen LogP contribution in [0.1, 0.15) is 10.4 Å². The van der Waals surface area contributed by atoms with Crippen molar-refractivity contribution < 1.29 is 27.5 Å². The molecule has 8 heteroatoms. The second kappa shape index (κ2) is 5.53. The monoisotopic (exact) mass is 285 g/mol. The van der Waals surface area contributed by atoms with E-state index in [1.54, 1.807) is 5.32 Å². The molecule has 0 heterocycles. The molecule has 0 saturated carbocycles. The summed E-state index contributed by atoms with van der Waals surface area (Å²) in [6.07, 6.45) is -7.57. The predicted molar refractivity (Wildman–Crippen MR) is 55.8 cm³/mol. The van der Waals surface area contributed by atoms with E-state index in [-0.39, 0.29) is 5.02 Å². The fourth-order valence-corrected chi connectivity index (χ4v) is 1.36. The summed E-state index contributed by atoms with van der Waals surface area (Å²) < 4.78 is 49.1. The number of carbonyl (C=O) groups excluding carboxylic acids is 1. The normalized spacial score (nSPS) is 13.2. The van der Waals surface area contributed by atoms with E-state index in [9.17, 15) is 22.4 Å². The van der Waals surface area contributed by atoms with Crippen LogP contribution in [0.15, 0.2) is 18.2 Å². The maximum absolute atomic E-state index is 13.2. The standard InChI is InChI=1S/C10H8ClF4NO2/c11-5-2-1-3-6(12)8(5)9(18)16-4-7(17)10(13,14)15/h1-3,7,17H,4H2,(H,16,18). The average Bonchev–Trinajstić information content (AvgIpc) is 2.24. The number of hydrogen-bond donors (Lipinski definition) is 2. The quantitative estimate of drug-likeness (QED) is 0.836. The summed E-state index contributed by atoms with van der Waals surface area (Å²) in [7, 11) is 0. The van der Waals surface area contributed by atoms with Crippen LogP contribution in [0.4, 0.5) is 17.6 Å². The number of carbonyl (C=O) groups is 1. The van der Waals surface area contributed by atoms with E-state index in [0.29, 0.717) is 0 Å². The van der Waals surface area contributed by atoms with Gasteiger partial charge in [-0.3, -0.25) is 4.79 Å². The van der Waals surface area contributed by atoms with E-state index in [0.717, 1.165) is 6.07 Å². The van der Waals surface area contributed by atoms with E-state index in [1.165, 1.54) is 12.1 Å². The molecule has 0 spiro atoms. The first-order valence-corrected chi connectivity index (χ1v) is 5.08. The van der Waals surface area contributed by atoms with Gasteiger partial charge in [0.05, 0.1) is 17.1 Å². The Morgan fingerprint density at radius 2 is 2.06 bits per heavy atom. The first-order valence-electron chi connectivity index (χ1n) is 4.70. The molecule has 1 amide bonds. The maximum atomic E-state index is 13.2. The molecule has 1 unspecified atom stereocenters. The third-order valence-corrected chi connectivity index (χ3v) is 2.34. The van der Waals surface area contributed by atoms with Crippen molar-refractivity contribution in [2.45, 2.75) is 12.3 Å². The van der Waals surface area contributed by atoms with Crippen molar-refractivity contribution in [1.82, 2.24) is 5.32 Å². The van der Waals surface area contributed by atoms with Crippen LogP contribution in [0.5, 0.6) is 0 Å². The Bertz CT molecular complexity index is 430. The Kier molecular flexibility index (Phi) is 4.53. The lowest BCUT2D eigenvalue weighted by molar-refractivity contribution is -0.201. The largest absolute Gasteiger partial charge is 0.416 e. The lowest BCUT2D eigenvalue weighted by atomic mass is 10.2. The summed E-state index contributed by atoms with van der Waals surface area (Å²) >= 11 is 5.54. The zero-order valence-corrected chi connectivity index (χ0v) is 9.52. The zero-order valence-electron chi connectivity index (χ0n) is 8.76. The molecule has 0 bridgehead atoms. The Morgan fingerprint density at radius 1 is 1.44 bits per heavy atom. The minimum absolute atomic E-state index is 0.228. The van der Waals surface area contributed by atoms with Crippen LogP contribution in [-0.2, 0) is 0 Å². The number of rotatable bonds is 3. The van der Waals surface area contributed by atoms with Crippen LogP contribution in [0, 0.1) is 5.82 Å². The molecular formula is C10H8ClF4NO2. The molecular weight excluding hydrogens is 278 g/mol. The summed E-state index contributed by atoms with van der Waals surface area (Å²) in [6.45, 7) is -1.08. The fourth-order valence-electron chi connectivity index (χ4n) is 1.11. The Balaban J connectivity index is 2.73. The van der Waals surface area contributed by atoms with Crippen molar-refractivity contribution in [1.29, 1.82) is 0 Å². The molecule has 1 atom stereocenters. The highest BCUT2D eigenvalue weighted by Crippen LogP contribution is 2.21. The molecule has 0 aliphatic carbocycles. The number of aliphatic hydroxyl groups excluding tert-OH is 1. The third-order valence-electron chi connectivity index (χ3n) is 2.02. The summed E-state index contributed by atoms with van der Waals surface area (Å²) in [5.74, 6) is -2.08. The molecule has 18 heavy (non-hydrogen) atoms. The number of hydrogen-bond acceptors (Lipinski definition) is 2. The van der Waals surface area contributed by atoms with Crippen LogP contribution in [0.25, 0.3) is 0 Å². The number of halogens is 5. The van der Waals surface area contributed by atoms with Crippen molar-refractivity contribution in [2.24, 2.45) is 0 Å². The van der Waals surface area contributed by atoms with Gasteiger partial charge in [-0.25, -0.2) is 4.39 Å². The average molecular weight is 286 g/mol. The van der Waals surface area contributed by atoms with Gasteiger partial charge in [-0.1, -0.05) is 17.7 Å². The zero-order chi connectivity index (χ0) is 13.9. The minimum atomic E-state index is -4.85. The highest BCUT2D eigenvalue weighted by atomic mass is 35.5. The summed E-state index contributed by atoms with van der Waals surface area (Å²) in [6, 6.07) is 3.42. The Hall–Kier alpha value is -1.34. The second-order valence-corrected chi connectivity index (χ2v) is 3.77. The van der Waals surface area contributed by atoms with E-state index in [2.05, 4.69) is 0 Å². The molecule has 0 fully saturated rings. The van der Waals surface area contributed by atoms with Crippen molar-refractivity contribution in [3.05, 3.63) is 34.6 Å². The molecule has 2 N–H and O–H groups in total. The van der Waals surface area contributed by atoms with Crippen LogP contribution in [-0.4, -0.2) is 29.8 Å². The minimum Gasteiger partial charge on any atom is -0.382 e. The van der Waals surface area contributed by atoms with E-state index in [1.807, 2.05) is 0 Å². The first-order chi connectivity index (χ1) is 8.23. The van der Waals surface area contributed by atoms with E-state index >= 15 is 0 Å². The van der Waals surface area contributed by atoms with Gasteiger partial charge in [-0.05, 0) is 12.1 Å². The number of amides is 1. The smallest absolute Gasteiger partial charge is 0.382 e. The van der Waals surface area contributed by atoms with Gasteiger partial charge >= 0.3 is 6.18 Å². The maximum Gasteiger partial charge on any atom is 0.416 e. The highest BCUT2D eigenvalue weighted by Gasteiger charge is 2.38. The molecule has 0 aliphatic heterocycles. The van der Waals surface area contributed by atoms with Gasteiger partial charge in [0.2, 0.25) is 0 Å². The molecule has 100 valence electrons. The summed E-state index contributed by atoms with van der Waals surface area (Å²) in [5, 5.41) is 10.2. The van der Waals surface area contributed by atoms with Crippen molar-refractivity contribution >= 4 is 17.5 Å². The number of alkyl halides is 3. The second-order valence-electron chi connectivity index (χ2n) is 3.36. The van der Waals surface area contributed by atoms with Gasteiger partial charge in [0.25, 0.3) is 5.91 Å². The van der Waals surface area contributed by atoms with Crippen molar-refractivity contribution in [3.8, 4) is 0 Å². The molecule has 1 aromatic rings. The van der Waals surface area contributed by atoms with Crippen LogP contribution >= 0.6 is 11.6 Å². The van der Waals surface area contributed by atoms with Gasteiger partial charge in [0, 0.05) is 0 Å². The lowest BCUT2D eigenvalue weighted by Crippen LogP contribution is -2.41. The Morgan fingerprint density at radius 3 is 2.56 bits per heavy atom. The van der Waals surface area contributed by atoms with Gasteiger partial charge in [-0.15, -0.1) is 0 Å². The van der Waals surface area contributed by atoms with Crippen molar-refractivity contribution in [3.63, 3.8) is 0 Å². The van der Waals surface area contributed by atoms with Gasteiger partial charge in [-0.2, -0.15) is 13.2 Å². The lowest BCUT2D eigenvalue weighted by Gasteiger charge is -2.15. The van der Waals surface area contributed by atoms with E-state index in [4.69, 9.17) is 16.7 Å². The van der Waals surface area contributed by atoms with E-state index < -0.39 is 36.1 Å². The van der Waals surface area contributed by atoms with Crippen LogP contribution < -0.4 is 5.32 Å². The SMILES string of the molecule is O=C(NCC(O)C(F)(F)F)c1c(F)cccc1Cl. The summed E-state index contributed by atoms with van der Waals surface area (Å²) in [5.41, 5.74) is -0.562. The molecule has 0 radical (unpaired) electrons. The van der Waals surface area contributed by atoms with Gasteiger partial charge in [0.15, 0.2) is 6.10 Å². The molecule has 0 aromatic heterocycles. The molecule has 0 saturated heterocycles. The predicted octanol–water partition coefficient (Wildman–Crippen LogP) is 2.13. The number of benzene rings is 1. The number of nitrogens with one attached hydrogen (secondary N) is 1. The first kappa shape index (κ1) is 14.7. The van der Waals surface area contributed by atoms with Crippen molar-refractivity contribution in [2.75, 3.05) is 6.54 Å². The highest BCUT2D eigenvalue weighted by molar-refractivity contribution is 6.33. The topological polar surface area (TPSA) is 49.3 Å². The fraction of sp³-hybridized carbons (Fsp3) is 0.300. The third kappa shape index (κ3) is 3.58. The molecule has 1 rings (SSSR count). The van der Waals surface area contributed by atoms with Gasteiger partial charge < -0.3 is 10.4 Å². The number of aliphatic hydroxyl groups is 1. The van der Waals surface area contributed by atoms with Crippen LogP contribution in [0.3, 0.4) is 0 Å². The molecule has 1 aromatic carbocycles. The van der Waals surface area contributed by atoms with Crippen LogP contribution in [0.2, 0.25) is 5.02 Å². The molecule has 0 aliphatic rings. The molecule has 3 nitrogen and oxygen atoms in total.